The van der Waals surface area contributed by atoms with Gasteiger partial charge in [0.1, 0.15) is 16.4 Å². The lowest BCUT2D eigenvalue weighted by molar-refractivity contribution is 1.01. The van der Waals surface area contributed by atoms with E-state index < -0.39 is 0 Å². The summed E-state index contributed by atoms with van der Waals surface area (Å²) in [6.45, 7) is 0. The van der Waals surface area contributed by atoms with Gasteiger partial charge in [-0.15, -0.1) is 0 Å². The van der Waals surface area contributed by atoms with Crippen LogP contribution in [0.1, 0.15) is 0 Å². The second-order valence-electron chi connectivity index (χ2n) is 2.75. The van der Waals surface area contributed by atoms with Crippen LogP contribution in [0.5, 0.6) is 0 Å². The number of halogens is 1. The topological polar surface area (TPSA) is 63.6 Å². The maximum atomic E-state index is 4.32. The Morgan fingerprint density at radius 3 is 2.94 bits per heavy atom. The van der Waals surface area contributed by atoms with Gasteiger partial charge < -0.3 is 5.32 Å². The van der Waals surface area contributed by atoms with E-state index >= 15 is 0 Å². The van der Waals surface area contributed by atoms with Gasteiger partial charge in [0, 0.05) is 19.4 Å². The standard InChI is InChI=1S/C9H8BrN5S/c1-11-9-13-4-6(10)8(15-9)16-7-2-3-12-5-14-7/h2-5H,1H3,(H,11,13,15). The minimum Gasteiger partial charge on any atom is -0.357 e. The zero-order chi connectivity index (χ0) is 11.4. The quantitative estimate of drug-likeness (QED) is 0.877. The summed E-state index contributed by atoms with van der Waals surface area (Å²) in [4.78, 5) is 16.4. The van der Waals surface area contributed by atoms with Crippen molar-refractivity contribution in [3.8, 4) is 0 Å². The first-order chi connectivity index (χ1) is 7.79. The molecule has 2 aromatic heterocycles. The predicted octanol–water partition coefficient (Wildman–Crippen LogP) is 2.22. The molecular formula is C9H8BrN5S. The van der Waals surface area contributed by atoms with Gasteiger partial charge in [-0.2, -0.15) is 0 Å². The maximum absolute atomic E-state index is 4.32. The molecule has 0 fully saturated rings. The van der Waals surface area contributed by atoms with E-state index in [1.807, 2.05) is 6.07 Å². The molecule has 2 rings (SSSR count). The lowest BCUT2D eigenvalue weighted by Crippen LogP contribution is -1.97. The van der Waals surface area contributed by atoms with Gasteiger partial charge in [-0.25, -0.2) is 19.9 Å². The molecule has 1 N–H and O–H groups in total. The summed E-state index contributed by atoms with van der Waals surface area (Å²) < 4.78 is 0.843. The average molecular weight is 298 g/mol. The van der Waals surface area contributed by atoms with E-state index in [-0.39, 0.29) is 0 Å². The first-order valence-electron chi connectivity index (χ1n) is 4.44. The Kier molecular flexibility index (Phi) is 3.68. The van der Waals surface area contributed by atoms with Crippen molar-refractivity contribution in [2.45, 2.75) is 10.1 Å². The van der Waals surface area contributed by atoms with E-state index in [0.717, 1.165) is 14.5 Å². The molecule has 0 aliphatic heterocycles. The van der Waals surface area contributed by atoms with E-state index in [4.69, 9.17) is 0 Å². The molecule has 0 aromatic carbocycles. The minimum absolute atomic E-state index is 0.583. The summed E-state index contributed by atoms with van der Waals surface area (Å²) in [6.07, 6.45) is 4.92. The number of nitrogens with one attached hydrogen (secondary N) is 1. The van der Waals surface area contributed by atoms with Crippen molar-refractivity contribution < 1.29 is 0 Å². The molecule has 2 heterocycles. The number of rotatable bonds is 3. The van der Waals surface area contributed by atoms with Crippen LogP contribution >= 0.6 is 27.7 Å². The molecule has 0 spiro atoms. The summed E-state index contributed by atoms with van der Waals surface area (Å²) in [7, 11) is 1.78. The van der Waals surface area contributed by atoms with Crippen molar-refractivity contribution >= 4 is 33.6 Å². The van der Waals surface area contributed by atoms with E-state index in [1.165, 1.54) is 18.1 Å². The third kappa shape index (κ3) is 2.67. The van der Waals surface area contributed by atoms with Crippen molar-refractivity contribution in [3.05, 3.63) is 29.3 Å². The van der Waals surface area contributed by atoms with Crippen LogP contribution in [0, 0.1) is 0 Å². The van der Waals surface area contributed by atoms with Crippen LogP contribution in [-0.2, 0) is 0 Å². The molecule has 82 valence electrons. The van der Waals surface area contributed by atoms with Crippen LogP contribution in [0.3, 0.4) is 0 Å². The molecule has 0 aliphatic carbocycles. The second-order valence-corrected chi connectivity index (χ2v) is 4.61. The van der Waals surface area contributed by atoms with Crippen LogP contribution in [0.15, 0.2) is 39.3 Å². The molecular weight excluding hydrogens is 290 g/mol. The Balaban J connectivity index is 2.27. The highest BCUT2D eigenvalue weighted by Crippen LogP contribution is 2.30. The summed E-state index contributed by atoms with van der Waals surface area (Å²) in [5.41, 5.74) is 0. The molecule has 0 radical (unpaired) electrons. The molecule has 0 saturated carbocycles. The van der Waals surface area contributed by atoms with Gasteiger partial charge in [0.25, 0.3) is 0 Å². The molecule has 0 bridgehead atoms. The lowest BCUT2D eigenvalue weighted by Gasteiger charge is -2.04. The van der Waals surface area contributed by atoms with Gasteiger partial charge in [-0.05, 0) is 33.8 Å². The van der Waals surface area contributed by atoms with E-state index in [0.29, 0.717) is 5.95 Å². The Morgan fingerprint density at radius 2 is 2.25 bits per heavy atom. The van der Waals surface area contributed by atoms with Crippen LogP contribution < -0.4 is 5.32 Å². The summed E-state index contributed by atoms with van der Waals surface area (Å²) >= 11 is 4.85. The molecule has 2 aromatic rings. The average Bonchev–Trinajstić information content (AvgIpc) is 2.33. The Morgan fingerprint density at radius 1 is 1.38 bits per heavy atom. The van der Waals surface area contributed by atoms with E-state index in [2.05, 4.69) is 41.2 Å². The van der Waals surface area contributed by atoms with Crippen LogP contribution in [-0.4, -0.2) is 27.0 Å². The predicted molar refractivity (Wildman–Crippen MR) is 65.4 cm³/mol. The van der Waals surface area contributed by atoms with Crippen molar-refractivity contribution in [3.63, 3.8) is 0 Å². The van der Waals surface area contributed by atoms with Gasteiger partial charge in [0.2, 0.25) is 5.95 Å². The van der Waals surface area contributed by atoms with Crippen molar-refractivity contribution in [1.82, 2.24) is 19.9 Å². The molecule has 0 unspecified atom stereocenters. The normalized spacial score (nSPS) is 10.1. The summed E-state index contributed by atoms with van der Waals surface area (Å²) in [6, 6.07) is 1.83. The molecule has 7 heteroatoms. The van der Waals surface area contributed by atoms with E-state index in [9.17, 15) is 0 Å². The monoisotopic (exact) mass is 297 g/mol. The van der Waals surface area contributed by atoms with Crippen molar-refractivity contribution in [1.29, 1.82) is 0 Å². The van der Waals surface area contributed by atoms with Crippen molar-refractivity contribution in [2.75, 3.05) is 12.4 Å². The maximum Gasteiger partial charge on any atom is 0.223 e. The number of hydrogen-bond donors (Lipinski definition) is 1. The summed E-state index contributed by atoms with van der Waals surface area (Å²) in [5.74, 6) is 0.583. The first-order valence-corrected chi connectivity index (χ1v) is 6.04. The molecule has 0 aliphatic rings. The summed E-state index contributed by atoms with van der Waals surface area (Å²) in [5, 5.41) is 4.55. The Hall–Kier alpha value is -1.21. The molecule has 0 atom stereocenters. The highest BCUT2D eigenvalue weighted by molar-refractivity contribution is 9.10. The molecule has 0 amide bonds. The van der Waals surface area contributed by atoms with Crippen LogP contribution in [0.25, 0.3) is 0 Å². The SMILES string of the molecule is CNc1ncc(Br)c(Sc2ccncn2)n1. The highest BCUT2D eigenvalue weighted by Gasteiger charge is 2.06. The van der Waals surface area contributed by atoms with Crippen LogP contribution in [0.4, 0.5) is 5.95 Å². The van der Waals surface area contributed by atoms with Crippen molar-refractivity contribution in [2.24, 2.45) is 0 Å². The zero-order valence-corrected chi connectivity index (χ0v) is 10.8. The fraction of sp³-hybridized carbons (Fsp3) is 0.111. The van der Waals surface area contributed by atoms with Gasteiger partial charge in [0.15, 0.2) is 0 Å². The van der Waals surface area contributed by atoms with Gasteiger partial charge in [-0.1, -0.05) is 0 Å². The largest absolute Gasteiger partial charge is 0.357 e. The first kappa shape index (κ1) is 11.3. The molecule has 5 nitrogen and oxygen atoms in total. The Bertz CT molecular complexity index is 479. The van der Waals surface area contributed by atoms with Gasteiger partial charge in [-0.3, -0.25) is 0 Å². The van der Waals surface area contributed by atoms with E-state index in [1.54, 1.807) is 19.4 Å². The molecule has 0 saturated heterocycles. The number of anilines is 1. The van der Waals surface area contributed by atoms with Crippen LogP contribution in [0.2, 0.25) is 0 Å². The number of aromatic nitrogens is 4. The third-order valence-electron chi connectivity index (χ3n) is 1.69. The Labute approximate surface area is 105 Å². The molecule has 16 heavy (non-hydrogen) atoms. The number of hydrogen-bond acceptors (Lipinski definition) is 6. The number of nitrogens with zero attached hydrogens (tertiary/aromatic N) is 4. The zero-order valence-electron chi connectivity index (χ0n) is 8.38. The van der Waals surface area contributed by atoms with Gasteiger partial charge in [0.05, 0.1) is 4.47 Å². The lowest BCUT2D eigenvalue weighted by atomic mass is 10.7. The third-order valence-corrected chi connectivity index (χ3v) is 3.49. The smallest absolute Gasteiger partial charge is 0.223 e. The minimum atomic E-state index is 0.583. The fourth-order valence-corrected chi connectivity index (χ4v) is 2.12. The fourth-order valence-electron chi connectivity index (χ4n) is 0.981. The highest BCUT2D eigenvalue weighted by atomic mass is 79.9. The second kappa shape index (κ2) is 5.22. The van der Waals surface area contributed by atoms with Gasteiger partial charge >= 0.3 is 0 Å².